The first-order chi connectivity index (χ1) is 12.1. The third-order valence-corrected chi connectivity index (χ3v) is 5.26. The molecule has 7 heteroatoms. The molecule has 0 radical (unpaired) electrons. The number of esters is 1. The molecule has 0 spiro atoms. The van der Waals surface area contributed by atoms with Gasteiger partial charge in [-0.2, -0.15) is 0 Å². The van der Waals surface area contributed by atoms with Crippen LogP contribution in [0.25, 0.3) is 0 Å². The molecule has 2 fully saturated rings. The van der Waals surface area contributed by atoms with Crippen LogP contribution in [0.4, 0.5) is 0 Å². The van der Waals surface area contributed by atoms with Crippen molar-refractivity contribution in [3.8, 4) is 0 Å². The third-order valence-electron chi connectivity index (χ3n) is 5.26. The number of nitrogens with one attached hydrogen (secondary N) is 1. The molecule has 1 aliphatic heterocycles. The molecule has 1 N–H and O–H groups in total. The molecule has 0 aromatic carbocycles. The number of hydrogen-bond acceptors (Lipinski definition) is 5. The molecule has 1 saturated heterocycles. The smallest absolute Gasteiger partial charge is 0.328 e. The van der Waals surface area contributed by atoms with Gasteiger partial charge in [-0.3, -0.25) is 9.59 Å². The van der Waals surface area contributed by atoms with Gasteiger partial charge in [0.2, 0.25) is 5.91 Å². The average Bonchev–Trinajstić information content (AvgIpc) is 3.28. The van der Waals surface area contributed by atoms with Gasteiger partial charge in [-0.25, -0.2) is 4.79 Å². The first-order valence-electron chi connectivity index (χ1n) is 8.81. The Balaban J connectivity index is 1.60. The Hall–Kier alpha value is -2.31. The van der Waals surface area contributed by atoms with Gasteiger partial charge in [0.15, 0.2) is 0 Å². The molecule has 1 aromatic heterocycles. The maximum absolute atomic E-state index is 12.7. The van der Waals surface area contributed by atoms with Crippen LogP contribution in [0.1, 0.15) is 48.9 Å². The molecule has 1 aromatic rings. The Morgan fingerprint density at radius 1 is 1.32 bits per heavy atom. The molecule has 2 aliphatic rings. The Morgan fingerprint density at radius 2 is 2.12 bits per heavy atom. The molecule has 3 atom stereocenters. The van der Waals surface area contributed by atoms with Gasteiger partial charge in [0.05, 0.1) is 18.9 Å². The summed E-state index contributed by atoms with van der Waals surface area (Å²) in [6, 6.07) is 1.20. The van der Waals surface area contributed by atoms with E-state index in [1.165, 1.54) is 19.6 Å². The van der Waals surface area contributed by atoms with Gasteiger partial charge in [0.1, 0.15) is 12.3 Å². The van der Waals surface area contributed by atoms with E-state index in [-0.39, 0.29) is 36.8 Å². The van der Waals surface area contributed by atoms with Gasteiger partial charge >= 0.3 is 5.97 Å². The summed E-state index contributed by atoms with van der Waals surface area (Å²) in [5.74, 6) is -0.340. The lowest BCUT2D eigenvalue weighted by molar-refractivity contribution is -0.152. The number of ether oxygens (including phenoxy) is 1. The van der Waals surface area contributed by atoms with E-state index in [1.807, 2.05) is 0 Å². The summed E-state index contributed by atoms with van der Waals surface area (Å²) in [6.07, 6.45) is 7.86. The van der Waals surface area contributed by atoms with E-state index in [0.29, 0.717) is 17.9 Å². The van der Waals surface area contributed by atoms with E-state index in [4.69, 9.17) is 9.15 Å². The number of carbonyl (C=O) groups is 3. The Labute approximate surface area is 146 Å². The maximum atomic E-state index is 12.7. The lowest BCUT2D eigenvalue weighted by atomic mass is 9.84. The largest absolute Gasteiger partial charge is 0.472 e. The number of nitrogens with zero attached hydrogens (tertiary/aromatic N) is 1. The topological polar surface area (TPSA) is 88.9 Å². The Bertz CT molecular complexity index is 627. The maximum Gasteiger partial charge on any atom is 0.328 e. The minimum atomic E-state index is -0.491. The van der Waals surface area contributed by atoms with Crippen LogP contribution in [-0.4, -0.2) is 48.4 Å². The van der Waals surface area contributed by atoms with Crippen LogP contribution in [0.15, 0.2) is 23.0 Å². The minimum absolute atomic E-state index is 0.0997. The Morgan fingerprint density at radius 3 is 2.84 bits per heavy atom. The standard InChI is InChI=1S/C18H24N2O5/c1-24-18(23)15-10-12-4-2-3-5-14(12)20(15)16(21)6-8-19-17(22)13-7-9-25-11-13/h7,9,11-12,14-15H,2-6,8,10H2,1H3,(H,19,22)/t12-,14+,15-/m0/s1. The number of likely N-dealkylation sites (tertiary alicyclic amines) is 1. The molecule has 1 aliphatic carbocycles. The van der Waals surface area contributed by atoms with Crippen molar-refractivity contribution in [2.45, 2.75) is 50.6 Å². The number of hydrogen-bond donors (Lipinski definition) is 1. The van der Waals surface area contributed by atoms with Gasteiger partial charge in [0, 0.05) is 19.0 Å². The highest BCUT2D eigenvalue weighted by molar-refractivity contribution is 5.94. The molecule has 136 valence electrons. The fraction of sp³-hybridized carbons (Fsp3) is 0.611. The highest BCUT2D eigenvalue weighted by Crippen LogP contribution is 2.40. The van der Waals surface area contributed by atoms with E-state index in [1.54, 1.807) is 11.0 Å². The number of fused-ring (bicyclic) bond motifs is 1. The molecular formula is C18H24N2O5. The lowest BCUT2D eigenvalue weighted by Crippen LogP contribution is -2.47. The Kier molecular flexibility index (Phi) is 5.40. The van der Waals surface area contributed by atoms with E-state index < -0.39 is 6.04 Å². The van der Waals surface area contributed by atoms with E-state index >= 15 is 0 Å². The second-order valence-corrected chi connectivity index (χ2v) is 6.71. The second kappa shape index (κ2) is 7.72. The zero-order valence-electron chi connectivity index (χ0n) is 14.4. The fourth-order valence-corrected chi connectivity index (χ4v) is 4.07. The van der Waals surface area contributed by atoms with E-state index in [9.17, 15) is 14.4 Å². The molecule has 1 saturated carbocycles. The van der Waals surface area contributed by atoms with Gasteiger partial charge in [-0.15, -0.1) is 0 Å². The SMILES string of the molecule is COC(=O)[C@@H]1C[C@@H]2CCCC[C@H]2N1C(=O)CCNC(=O)c1ccoc1. The zero-order chi connectivity index (χ0) is 17.8. The van der Waals surface area contributed by atoms with Crippen molar-refractivity contribution >= 4 is 17.8 Å². The summed E-state index contributed by atoms with van der Waals surface area (Å²) in [6.45, 7) is 0.227. The van der Waals surface area contributed by atoms with E-state index in [0.717, 1.165) is 25.7 Å². The normalized spacial score (nSPS) is 25.3. The van der Waals surface area contributed by atoms with Gasteiger partial charge < -0.3 is 19.4 Å². The number of amides is 2. The van der Waals surface area contributed by atoms with Crippen LogP contribution in [0, 0.1) is 5.92 Å². The van der Waals surface area contributed by atoms with Crippen molar-refractivity contribution < 1.29 is 23.5 Å². The highest BCUT2D eigenvalue weighted by Gasteiger charge is 2.47. The number of carbonyl (C=O) groups excluding carboxylic acids is 3. The van der Waals surface area contributed by atoms with Crippen LogP contribution in [-0.2, 0) is 14.3 Å². The predicted molar refractivity (Wildman–Crippen MR) is 88.7 cm³/mol. The second-order valence-electron chi connectivity index (χ2n) is 6.71. The first kappa shape index (κ1) is 17.5. The fourth-order valence-electron chi connectivity index (χ4n) is 4.07. The van der Waals surface area contributed by atoms with Gasteiger partial charge in [0.25, 0.3) is 5.91 Å². The minimum Gasteiger partial charge on any atom is -0.472 e. The van der Waals surface area contributed by atoms with Crippen LogP contribution >= 0.6 is 0 Å². The summed E-state index contributed by atoms with van der Waals surface area (Å²) >= 11 is 0. The zero-order valence-corrected chi connectivity index (χ0v) is 14.4. The third kappa shape index (κ3) is 3.70. The van der Waals surface area contributed by atoms with Gasteiger partial charge in [-0.05, 0) is 31.2 Å². The summed E-state index contributed by atoms with van der Waals surface area (Å²) in [4.78, 5) is 38.5. The van der Waals surface area contributed by atoms with E-state index in [2.05, 4.69) is 5.32 Å². The number of methoxy groups -OCH3 is 1. The summed E-state index contributed by atoms with van der Waals surface area (Å²) in [5.41, 5.74) is 0.424. The monoisotopic (exact) mass is 348 g/mol. The predicted octanol–water partition coefficient (Wildman–Crippen LogP) is 1.73. The molecule has 2 amide bonds. The molecule has 0 bridgehead atoms. The molecule has 25 heavy (non-hydrogen) atoms. The highest BCUT2D eigenvalue weighted by atomic mass is 16.5. The molecule has 0 unspecified atom stereocenters. The quantitative estimate of drug-likeness (QED) is 0.819. The van der Waals surface area contributed by atoms with Crippen molar-refractivity contribution in [3.05, 3.63) is 24.2 Å². The van der Waals surface area contributed by atoms with Crippen molar-refractivity contribution in [1.29, 1.82) is 0 Å². The van der Waals surface area contributed by atoms with Crippen molar-refractivity contribution in [2.75, 3.05) is 13.7 Å². The van der Waals surface area contributed by atoms with Crippen molar-refractivity contribution in [3.63, 3.8) is 0 Å². The summed E-state index contributed by atoms with van der Waals surface area (Å²) in [5, 5.41) is 2.71. The van der Waals surface area contributed by atoms with Crippen molar-refractivity contribution in [1.82, 2.24) is 10.2 Å². The van der Waals surface area contributed by atoms with Crippen LogP contribution in [0.5, 0.6) is 0 Å². The molecular weight excluding hydrogens is 324 g/mol. The summed E-state index contributed by atoms with van der Waals surface area (Å²) in [7, 11) is 1.36. The molecule has 2 heterocycles. The first-order valence-corrected chi connectivity index (χ1v) is 8.81. The van der Waals surface area contributed by atoms with Crippen LogP contribution in [0.3, 0.4) is 0 Å². The molecule has 3 rings (SSSR count). The number of furan rings is 1. The number of rotatable bonds is 5. The molecule has 7 nitrogen and oxygen atoms in total. The van der Waals surface area contributed by atoms with Crippen LogP contribution < -0.4 is 5.32 Å². The van der Waals surface area contributed by atoms with Crippen molar-refractivity contribution in [2.24, 2.45) is 5.92 Å². The lowest BCUT2D eigenvalue weighted by Gasteiger charge is -2.33. The average molecular weight is 348 g/mol. The van der Waals surface area contributed by atoms with Gasteiger partial charge in [-0.1, -0.05) is 12.8 Å². The van der Waals surface area contributed by atoms with Crippen LogP contribution in [0.2, 0.25) is 0 Å². The summed E-state index contributed by atoms with van der Waals surface area (Å²) < 4.78 is 9.77.